The van der Waals surface area contributed by atoms with E-state index in [0.717, 1.165) is 21.5 Å². The second-order valence-corrected chi connectivity index (χ2v) is 6.38. The first kappa shape index (κ1) is 17.4. The van der Waals surface area contributed by atoms with Crippen molar-refractivity contribution in [3.63, 3.8) is 0 Å². The van der Waals surface area contributed by atoms with Crippen molar-refractivity contribution in [2.75, 3.05) is 12.4 Å². The molecule has 3 aromatic rings. The first-order valence-corrected chi connectivity index (χ1v) is 8.61. The molecule has 0 unspecified atom stereocenters. The number of anilines is 1. The predicted octanol–water partition coefficient (Wildman–Crippen LogP) is 3.99. The summed E-state index contributed by atoms with van der Waals surface area (Å²) in [6.45, 7) is 0.336. The van der Waals surface area contributed by atoms with Gasteiger partial charge < -0.3 is 19.9 Å². The van der Waals surface area contributed by atoms with Gasteiger partial charge in [-0.15, -0.1) is 0 Å². The van der Waals surface area contributed by atoms with E-state index in [1.807, 2.05) is 48.5 Å². The van der Waals surface area contributed by atoms with Crippen LogP contribution >= 0.6 is 28.1 Å². The van der Waals surface area contributed by atoms with Gasteiger partial charge in [0.25, 0.3) is 0 Å². The van der Waals surface area contributed by atoms with E-state index in [4.69, 9.17) is 21.5 Å². The highest BCUT2D eigenvalue weighted by atomic mass is 79.9. The molecule has 0 saturated heterocycles. The van der Waals surface area contributed by atoms with Crippen LogP contribution in [0, 0.1) is 0 Å². The van der Waals surface area contributed by atoms with Gasteiger partial charge in [0.15, 0.2) is 5.11 Å². The Morgan fingerprint density at radius 3 is 2.76 bits per heavy atom. The highest BCUT2D eigenvalue weighted by Crippen LogP contribution is 2.20. The number of nitrogens with zero attached hydrogens (tertiary/aromatic N) is 2. The van der Waals surface area contributed by atoms with Gasteiger partial charge in [-0.1, -0.05) is 33.2 Å². The summed E-state index contributed by atoms with van der Waals surface area (Å²) in [5.74, 6) is 1.77. The second-order valence-electron chi connectivity index (χ2n) is 5.06. The van der Waals surface area contributed by atoms with Gasteiger partial charge in [0.2, 0.25) is 11.7 Å². The van der Waals surface area contributed by atoms with Crippen LogP contribution in [-0.2, 0) is 6.54 Å². The maximum absolute atomic E-state index is 5.26. The fourth-order valence-corrected chi connectivity index (χ4v) is 2.67. The average molecular weight is 419 g/mol. The number of ether oxygens (including phenoxy) is 1. The van der Waals surface area contributed by atoms with Gasteiger partial charge >= 0.3 is 0 Å². The molecular formula is C17H15BrN4O2S. The van der Waals surface area contributed by atoms with E-state index in [0.29, 0.717) is 23.4 Å². The normalized spacial score (nSPS) is 10.3. The fourth-order valence-electron chi connectivity index (χ4n) is 2.08. The van der Waals surface area contributed by atoms with Crippen molar-refractivity contribution in [1.82, 2.24) is 15.5 Å². The van der Waals surface area contributed by atoms with Crippen LogP contribution in [-0.4, -0.2) is 22.4 Å². The minimum atomic E-state index is 0.336. The van der Waals surface area contributed by atoms with Gasteiger partial charge in [-0.25, -0.2) is 0 Å². The second kappa shape index (κ2) is 8.09. The summed E-state index contributed by atoms with van der Waals surface area (Å²) in [5, 5.41) is 10.6. The molecule has 0 aliphatic carbocycles. The Morgan fingerprint density at radius 1 is 1.24 bits per heavy atom. The zero-order valence-electron chi connectivity index (χ0n) is 13.3. The third kappa shape index (κ3) is 4.77. The summed E-state index contributed by atoms with van der Waals surface area (Å²) in [5.41, 5.74) is 1.74. The fraction of sp³-hybridized carbons (Fsp3) is 0.118. The van der Waals surface area contributed by atoms with Gasteiger partial charge in [0, 0.05) is 15.7 Å². The van der Waals surface area contributed by atoms with E-state index >= 15 is 0 Å². The summed E-state index contributed by atoms with van der Waals surface area (Å²) in [7, 11) is 1.63. The Kier molecular flexibility index (Phi) is 5.62. The molecule has 0 bridgehead atoms. The van der Waals surface area contributed by atoms with Crippen molar-refractivity contribution in [1.29, 1.82) is 0 Å². The maximum Gasteiger partial charge on any atom is 0.246 e. The standard InChI is InChI=1S/C17H15BrN4O2S/c1-23-14-7-5-13(6-8-14)20-17(25)19-10-15-21-16(22-24-15)11-3-2-4-12(18)9-11/h2-9H,10H2,1H3,(H2,19,20,25). The summed E-state index contributed by atoms with van der Waals surface area (Å²) in [6, 6.07) is 15.2. The highest BCUT2D eigenvalue weighted by molar-refractivity contribution is 9.10. The molecule has 1 heterocycles. The van der Waals surface area contributed by atoms with Crippen LogP contribution in [0.25, 0.3) is 11.4 Å². The molecule has 0 spiro atoms. The number of hydrogen-bond donors (Lipinski definition) is 2. The van der Waals surface area contributed by atoms with Crippen LogP contribution in [0.5, 0.6) is 5.75 Å². The van der Waals surface area contributed by atoms with Crippen molar-refractivity contribution in [3.05, 3.63) is 58.9 Å². The van der Waals surface area contributed by atoms with Gasteiger partial charge in [-0.05, 0) is 48.6 Å². The smallest absolute Gasteiger partial charge is 0.246 e. The molecule has 0 saturated carbocycles. The SMILES string of the molecule is COc1ccc(NC(=S)NCc2nc(-c3cccc(Br)c3)no2)cc1. The molecule has 0 aliphatic heterocycles. The molecule has 25 heavy (non-hydrogen) atoms. The predicted molar refractivity (Wildman–Crippen MR) is 103 cm³/mol. The Bertz CT molecular complexity index is 867. The largest absolute Gasteiger partial charge is 0.497 e. The quantitative estimate of drug-likeness (QED) is 0.606. The van der Waals surface area contributed by atoms with E-state index in [9.17, 15) is 0 Å². The topological polar surface area (TPSA) is 72.2 Å². The third-order valence-corrected chi connectivity index (χ3v) is 4.04. The lowest BCUT2D eigenvalue weighted by atomic mass is 10.2. The molecule has 2 aromatic carbocycles. The van der Waals surface area contributed by atoms with Gasteiger partial charge in [-0.3, -0.25) is 0 Å². The zero-order chi connectivity index (χ0) is 17.6. The van der Waals surface area contributed by atoms with Gasteiger partial charge in [-0.2, -0.15) is 4.98 Å². The number of benzene rings is 2. The van der Waals surface area contributed by atoms with E-state index in [2.05, 4.69) is 36.7 Å². The summed E-state index contributed by atoms with van der Waals surface area (Å²) >= 11 is 8.69. The molecule has 6 nitrogen and oxygen atoms in total. The van der Waals surface area contributed by atoms with Crippen LogP contribution in [0.15, 0.2) is 57.5 Å². The van der Waals surface area contributed by atoms with E-state index in [-0.39, 0.29) is 0 Å². The Labute approximate surface area is 158 Å². The number of nitrogens with one attached hydrogen (secondary N) is 2. The average Bonchev–Trinajstić information content (AvgIpc) is 3.10. The number of methoxy groups -OCH3 is 1. The maximum atomic E-state index is 5.26. The lowest BCUT2D eigenvalue weighted by Crippen LogP contribution is -2.27. The van der Waals surface area contributed by atoms with Crippen LogP contribution in [0.3, 0.4) is 0 Å². The molecule has 3 rings (SSSR count). The van der Waals surface area contributed by atoms with Crippen molar-refractivity contribution in [2.24, 2.45) is 0 Å². The molecule has 1 aromatic heterocycles. The molecule has 0 amide bonds. The molecule has 0 atom stereocenters. The van der Waals surface area contributed by atoms with Crippen molar-refractivity contribution >= 4 is 38.9 Å². The third-order valence-electron chi connectivity index (χ3n) is 3.30. The lowest BCUT2D eigenvalue weighted by Gasteiger charge is -2.09. The Hall–Kier alpha value is -2.45. The van der Waals surface area contributed by atoms with Gasteiger partial charge in [0.05, 0.1) is 13.7 Å². The molecule has 0 radical (unpaired) electrons. The number of thiocarbonyl (C=S) groups is 1. The molecular weight excluding hydrogens is 404 g/mol. The highest BCUT2D eigenvalue weighted by Gasteiger charge is 2.09. The van der Waals surface area contributed by atoms with Crippen LogP contribution in [0.1, 0.15) is 5.89 Å². The van der Waals surface area contributed by atoms with E-state index < -0.39 is 0 Å². The Balaban J connectivity index is 1.55. The van der Waals surface area contributed by atoms with E-state index in [1.165, 1.54) is 0 Å². The number of halogens is 1. The van der Waals surface area contributed by atoms with Crippen LogP contribution in [0.4, 0.5) is 5.69 Å². The number of aromatic nitrogens is 2. The van der Waals surface area contributed by atoms with Crippen molar-refractivity contribution in [2.45, 2.75) is 6.54 Å². The minimum Gasteiger partial charge on any atom is -0.497 e. The number of hydrogen-bond acceptors (Lipinski definition) is 5. The summed E-state index contributed by atoms with van der Waals surface area (Å²) in [4.78, 5) is 4.36. The first-order chi connectivity index (χ1) is 12.1. The minimum absolute atomic E-state index is 0.336. The molecule has 128 valence electrons. The molecule has 2 N–H and O–H groups in total. The zero-order valence-corrected chi connectivity index (χ0v) is 15.7. The van der Waals surface area contributed by atoms with Crippen LogP contribution < -0.4 is 15.4 Å². The molecule has 0 aliphatic rings. The molecule has 8 heteroatoms. The van der Waals surface area contributed by atoms with E-state index in [1.54, 1.807) is 7.11 Å². The first-order valence-electron chi connectivity index (χ1n) is 7.41. The lowest BCUT2D eigenvalue weighted by molar-refractivity contribution is 0.376. The number of rotatable bonds is 5. The van der Waals surface area contributed by atoms with Gasteiger partial charge in [0.1, 0.15) is 5.75 Å². The monoisotopic (exact) mass is 418 g/mol. The van der Waals surface area contributed by atoms with Crippen molar-refractivity contribution < 1.29 is 9.26 Å². The summed E-state index contributed by atoms with van der Waals surface area (Å²) in [6.07, 6.45) is 0. The van der Waals surface area contributed by atoms with Crippen molar-refractivity contribution in [3.8, 4) is 17.1 Å². The summed E-state index contributed by atoms with van der Waals surface area (Å²) < 4.78 is 11.3. The molecule has 0 fully saturated rings. The van der Waals surface area contributed by atoms with Crippen LogP contribution in [0.2, 0.25) is 0 Å². The Morgan fingerprint density at radius 2 is 2.04 bits per heavy atom.